The Kier molecular flexibility index (Phi) is 6.02. The van der Waals surface area contributed by atoms with Gasteiger partial charge in [-0.25, -0.2) is 0 Å². The first-order valence-corrected chi connectivity index (χ1v) is 7.24. The fourth-order valence-electron chi connectivity index (χ4n) is 2.60. The largest absolute Gasteiger partial charge is 0.330 e. The lowest BCUT2D eigenvalue weighted by atomic mass is 9.84. The van der Waals surface area contributed by atoms with Crippen LogP contribution in [0.15, 0.2) is 24.3 Å². The van der Waals surface area contributed by atoms with E-state index in [1.165, 1.54) is 17.5 Å². The van der Waals surface area contributed by atoms with E-state index in [-0.39, 0.29) is 0 Å². The number of benzene rings is 1. The van der Waals surface area contributed by atoms with Gasteiger partial charge in [0.1, 0.15) is 0 Å². The fourth-order valence-corrected chi connectivity index (χ4v) is 2.60. The Morgan fingerprint density at radius 2 is 1.74 bits per heavy atom. The van der Waals surface area contributed by atoms with Crippen molar-refractivity contribution in [3.05, 3.63) is 35.4 Å². The van der Waals surface area contributed by atoms with E-state index in [0.29, 0.717) is 11.3 Å². The predicted octanol–water partition coefficient (Wildman–Crippen LogP) is 3.44. The summed E-state index contributed by atoms with van der Waals surface area (Å²) in [5.74, 6) is 0.579. The van der Waals surface area contributed by atoms with Crippen molar-refractivity contribution < 1.29 is 0 Å². The van der Waals surface area contributed by atoms with E-state index in [1.54, 1.807) is 0 Å². The lowest BCUT2D eigenvalue weighted by Crippen LogP contribution is -2.32. The van der Waals surface area contributed by atoms with E-state index in [0.717, 1.165) is 19.6 Å². The van der Waals surface area contributed by atoms with Crippen LogP contribution in [0.3, 0.4) is 0 Å². The average Bonchev–Trinajstić information content (AvgIpc) is 2.29. The molecule has 1 atom stereocenters. The summed E-state index contributed by atoms with van der Waals surface area (Å²) in [4.78, 5) is 2.38. The standard InChI is InChI=1S/C17H30N2/c1-14-6-8-15(9-7-14)12-19(5)13-16(11-18)10-17(2,3)4/h6-9,16H,10-13,18H2,1-5H3. The molecule has 0 aliphatic heterocycles. The molecule has 0 saturated heterocycles. The maximum Gasteiger partial charge on any atom is 0.0230 e. The quantitative estimate of drug-likeness (QED) is 0.851. The third-order valence-corrected chi connectivity index (χ3v) is 3.38. The van der Waals surface area contributed by atoms with Gasteiger partial charge in [0.2, 0.25) is 0 Å². The zero-order chi connectivity index (χ0) is 14.5. The van der Waals surface area contributed by atoms with Gasteiger partial charge in [-0.05, 0) is 43.8 Å². The minimum absolute atomic E-state index is 0.356. The van der Waals surface area contributed by atoms with E-state index in [2.05, 4.69) is 63.9 Å². The van der Waals surface area contributed by atoms with Crippen LogP contribution in [0.5, 0.6) is 0 Å². The predicted molar refractivity (Wildman–Crippen MR) is 84.1 cm³/mol. The fraction of sp³-hybridized carbons (Fsp3) is 0.647. The van der Waals surface area contributed by atoms with E-state index in [4.69, 9.17) is 5.73 Å². The average molecular weight is 262 g/mol. The van der Waals surface area contributed by atoms with E-state index in [9.17, 15) is 0 Å². The van der Waals surface area contributed by atoms with Crippen molar-refractivity contribution in [1.82, 2.24) is 4.90 Å². The van der Waals surface area contributed by atoms with Crippen LogP contribution in [0.2, 0.25) is 0 Å². The number of hydrogen-bond acceptors (Lipinski definition) is 2. The molecule has 0 aromatic heterocycles. The summed E-state index contributed by atoms with van der Waals surface area (Å²) in [7, 11) is 2.19. The van der Waals surface area contributed by atoms with Crippen LogP contribution in [0.25, 0.3) is 0 Å². The highest BCUT2D eigenvalue weighted by molar-refractivity contribution is 5.21. The Balaban J connectivity index is 2.49. The maximum absolute atomic E-state index is 5.91. The SMILES string of the molecule is Cc1ccc(CN(C)CC(CN)CC(C)(C)C)cc1. The van der Waals surface area contributed by atoms with Crippen LogP contribution < -0.4 is 5.73 Å². The molecule has 0 heterocycles. The lowest BCUT2D eigenvalue weighted by Gasteiger charge is -2.28. The zero-order valence-electron chi connectivity index (χ0n) is 13.2. The highest BCUT2D eigenvalue weighted by atomic mass is 15.1. The van der Waals surface area contributed by atoms with Gasteiger partial charge < -0.3 is 10.6 Å². The molecule has 2 heteroatoms. The van der Waals surface area contributed by atoms with Crippen LogP contribution in [0.1, 0.15) is 38.3 Å². The summed E-state index contributed by atoms with van der Waals surface area (Å²) in [6.07, 6.45) is 1.18. The first-order valence-electron chi connectivity index (χ1n) is 7.24. The zero-order valence-corrected chi connectivity index (χ0v) is 13.2. The van der Waals surface area contributed by atoms with Gasteiger partial charge in [-0.15, -0.1) is 0 Å². The number of hydrogen-bond donors (Lipinski definition) is 1. The Labute approximate surface area is 119 Å². The van der Waals surface area contributed by atoms with Crippen LogP contribution in [-0.4, -0.2) is 25.0 Å². The summed E-state index contributed by atoms with van der Waals surface area (Å²) in [5.41, 5.74) is 8.96. The first kappa shape index (κ1) is 16.2. The van der Waals surface area contributed by atoms with Gasteiger partial charge >= 0.3 is 0 Å². The molecule has 0 radical (unpaired) electrons. The molecule has 0 amide bonds. The van der Waals surface area contributed by atoms with Crippen molar-refractivity contribution in [2.45, 2.75) is 40.7 Å². The maximum atomic E-state index is 5.91. The van der Waals surface area contributed by atoms with Gasteiger partial charge in [0.15, 0.2) is 0 Å². The normalized spacial score (nSPS) is 13.8. The monoisotopic (exact) mass is 262 g/mol. The highest BCUT2D eigenvalue weighted by Gasteiger charge is 2.19. The van der Waals surface area contributed by atoms with E-state index in [1.807, 2.05) is 0 Å². The van der Waals surface area contributed by atoms with Gasteiger partial charge in [-0.3, -0.25) is 0 Å². The molecule has 108 valence electrons. The molecule has 0 bridgehead atoms. The summed E-state index contributed by atoms with van der Waals surface area (Å²) in [6.45, 7) is 11.8. The third kappa shape index (κ3) is 6.74. The molecule has 0 aliphatic carbocycles. The second-order valence-corrected chi connectivity index (χ2v) is 7.05. The Bertz CT molecular complexity index is 362. The van der Waals surface area contributed by atoms with Crippen molar-refractivity contribution in [3.63, 3.8) is 0 Å². The highest BCUT2D eigenvalue weighted by Crippen LogP contribution is 2.24. The van der Waals surface area contributed by atoms with Crippen molar-refractivity contribution in [3.8, 4) is 0 Å². The Morgan fingerprint density at radius 1 is 1.16 bits per heavy atom. The molecular weight excluding hydrogens is 232 g/mol. The van der Waals surface area contributed by atoms with E-state index < -0.39 is 0 Å². The number of rotatable bonds is 6. The van der Waals surface area contributed by atoms with E-state index >= 15 is 0 Å². The van der Waals surface area contributed by atoms with Gasteiger partial charge in [0.25, 0.3) is 0 Å². The molecule has 2 N–H and O–H groups in total. The van der Waals surface area contributed by atoms with Crippen LogP contribution in [0, 0.1) is 18.3 Å². The molecule has 1 rings (SSSR count). The smallest absolute Gasteiger partial charge is 0.0230 e. The van der Waals surface area contributed by atoms with Gasteiger partial charge in [-0.1, -0.05) is 50.6 Å². The van der Waals surface area contributed by atoms with Gasteiger partial charge in [0, 0.05) is 13.1 Å². The first-order chi connectivity index (χ1) is 8.80. The third-order valence-electron chi connectivity index (χ3n) is 3.38. The topological polar surface area (TPSA) is 29.3 Å². The number of nitrogens with two attached hydrogens (primary N) is 1. The van der Waals surface area contributed by atoms with Crippen LogP contribution in [-0.2, 0) is 6.54 Å². The van der Waals surface area contributed by atoms with Crippen LogP contribution in [0.4, 0.5) is 0 Å². The second kappa shape index (κ2) is 7.06. The molecule has 2 nitrogen and oxygen atoms in total. The molecule has 19 heavy (non-hydrogen) atoms. The van der Waals surface area contributed by atoms with Crippen molar-refractivity contribution in [2.24, 2.45) is 17.1 Å². The van der Waals surface area contributed by atoms with Crippen molar-refractivity contribution in [2.75, 3.05) is 20.1 Å². The molecule has 1 aromatic rings. The second-order valence-electron chi connectivity index (χ2n) is 7.05. The van der Waals surface area contributed by atoms with Crippen molar-refractivity contribution >= 4 is 0 Å². The lowest BCUT2D eigenvalue weighted by molar-refractivity contribution is 0.216. The summed E-state index contributed by atoms with van der Waals surface area (Å²) < 4.78 is 0. The molecule has 0 aliphatic rings. The molecule has 0 saturated carbocycles. The van der Waals surface area contributed by atoms with Gasteiger partial charge in [-0.2, -0.15) is 0 Å². The Morgan fingerprint density at radius 3 is 2.21 bits per heavy atom. The summed E-state index contributed by atoms with van der Waals surface area (Å²) in [6, 6.07) is 8.79. The van der Waals surface area contributed by atoms with Gasteiger partial charge in [0.05, 0.1) is 0 Å². The summed E-state index contributed by atoms with van der Waals surface area (Å²) in [5, 5.41) is 0. The van der Waals surface area contributed by atoms with Crippen molar-refractivity contribution in [1.29, 1.82) is 0 Å². The van der Waals surface area contributed by atoms with Crippen LogP contribution >= 0.6 is 0 Å². The molecule has 1 unspecified atom stereocenters. The minimum Gasteiger partial charge on any atom is -0.330 e. The minimum atomic E-state index is 0.356. The Hall–Kier alpha value is -0.860. The molecule has 0 spiro atoms. The summed E-state index contributed by atoms with van der Waals surface area (Å²) >= 11 is 0. The molecule has 0 fully saturated rings. The number of nitrogens with zero attached hydrogens (tertiary/aromatic N) is 1. The molecular formula is C17H30N2. The molecule has 1 aromatic carbocycles. The number of aryl methyl sites for hydroxylation is 1.